The molecule has 0 fully saturated rings. The van der Waals surface area contributed by atoms with Crippen LogP contribution in [-0.4, -0.2) is 35.0 Å². The van der Waals surface area contributed by atoms with Gasteiger partial charge in [0.25, 0.3) is 0 Å². The lowest BCUT2D eigenvalue weighted by Gasteiger charge is -2.16. The summed E-state index contributed by atoms with van der Waals surface area (Å²) in [5.41, 5.74) is 1.09. The number of hydrogen-bond acceptors (Lipinski definition) is 5. The number of thioether (sulfide) groups is 1. The zero-order valence-corrected chi connectivity index (χ0v) is 11.5. The Morgan fingerprint density at radius 1 is 1.62 bits per heavy atom. The van der Waals surface area contributed by atoms with Crippen molar-refractivity contribution in [1.29, 1.82) is 0 Å². The van der Waals surface area contributed by atoms with Gasteiger partial charge >= 0.3 is 0 Å². The summed E-state index contributed by atoms with van der Waals surface area (Å²) in [7, 11) is 0. The number of nitrogens with zero attached hydrogens (tertiary/aromatic N) is 1. The van der Waals surface area contributed by atoms with Gasteiger partial charge in [-0.1, -0.05) is 18.7 Å². The van der Waals surface area contributed by atoms with Crippen molar-refractivity contribution >= 4 is 23.1 Å². The second kappa shape index (κ2) is 8.06. The molecule has 16 heavy (non-hydrogen) atoms. The van der Waals surface area contributed by atoms with E-state index in [9.17, 15) is 0 Å². The van der Waals surface area contributed by atoms with Gasteiger partial charge in [-0.15, -0.1) is 11.3 Å². The van der Waals surface area contributed by atoms with E-state index in [1.54, 1.807) is 23.1 Å². The molecule has 0 amide bonds. The minimum absolute atomic E-state index is 0.249. The van der Waals surface area contributed by atoms with Crippen LogP contribution < -0.4 is 5.32 Å². The van der Waals surface area contributed by atoms with Crippen molar-refractivity contribution in [2.45, 2.75) is 37.1 Å². The molecule has 0 spiro atoms. The van der Waals surface area contributed by atoms with E-state index in [1.165, 1.54) is 0 Å². The first-order valence-corrected chi connectivity index (χ1v) is 7.52. The molecule has 1 aromatic heterocycles. The van der Waals surface area contributed by atoms with Crippen molar-refractivity contribution in [3.05, 3.63) is 11.1 Å². The maximum absolute atomic E-state index is 8.98. The molecule has 0 radical (unpaired) electrons. The number of aromatic nitrogens is 1. The zero-order valence-electron chi connectivity index (χ0n) is 9.90. The van der Waals surface area contributed by atoms with Crippen molar-refractivity contribution < 1.29 is 5.11 Å². The van der Waals surface area contributed by atoms with Crippen molar-refractivity contribution in [3.8, 4) is 0 Å². The smallest absolute Gasteiger partial charge is 0.150 e. The number of hydrogen-bond donors (Lipinski definition) is 2. The van der Waals surface area contributed by atoms with Gasteiger partial charge in [0.15, 0.2) is 0 Å². The SMILES string of the molecule is CCCNC(CCO)CSc1nc(C)cs1. The van der Waals surface area contributed by atoms with E-state index in [1.807, 2.05) is 6.92 Å². The molecule has 1 heterocycles. The Bertz CT molecular complexity index is 291. The van der Waals surface area contributed by atoms with Crippen LogP contribution in [0.15, 0.2) is 9.72 Å². The molecule has 1 atom stereocenters. The molecule has 0 aliphatic rings. The van der Waals surface area contributed by atoms with Crippen LogP contribution in [0.2, 0.25) is 0 Å². The Morgan fingerprint density at radius 3 is 3.00 bits per heavy atom. The van der Waals surface area contributed by atoms with Gasteiger partial charge in [0.2, 0.25) is 0 Å². The van der Waals surface area contributed by atoms with Crippen LogP contribution in [0.4, 0.5) is 0 Å². The van der Waals surface area contributed by atoms with E-state index in [2.05, 4.69) is 22.6 Å². The number of thiazole rings is 1. The van der Waals surface area contributed by atoms with E-state index in [0.717, 1.165) is 35.2 Å². The molecule has 1 rings (SSSR count). The first kappa shape index (κ1) is 14.0. The fourth-order valence-corrected chi connectivity index (χ4v) is 3.30. The third kappa shape index (κ3) is 5.30. The monoisotopic (exact) mass is 260 g/mol. The second-order valence-electron chi connectivity index (χ2n) is 3.73. The molecular formula is C11H20N2OS2. The standard InChI is InChI=1S/C11H20N2OS2/c1-3-5-12-10(4-6-14)8-16-11-13-9(2)7-15-11/h7,10,12,14H,3-6,8H2,1-2H3. The van der Waals surface area contributed by atoms with Gasteiger partial charge < -0.3 is 10.4 Å². The minimum Gasteiger partial charge on any atom is -0.396 e. The summed E-state index contributed by atoms with van der Waals surface area (Å²) < 4.78 is 1.12. The van der Waals surface area contributed by atoms with Crippen LogP contribution in [0.5, 0.6) is 0 Å². The number of aryl methyl sites for hydroxylation is 1. The maximum atomic E-state index is 8.98. The summed E-state index contributed by atoms with van der Waals surface area (Å²) in [6.07, 6.45) is 1.94. The van der Waals surface area contributed by atoms with Gasteiger partial charge in [-0.2, -0.15) is 0 Å². The first-order chi connectivity index (χ1) is 7.76. The maximum Gasteiger partial charge on any atom is 0.150 e. The number of nitrogens with one attached hydrogen (secondary N) is 1. The lowest BCUT2D eigenvalue weighted by Crippen LogP contribution is -2.32. The molecule has 2 N–H and O–H groups in total. The topological polar surface area (TPSA) is 45.1 Å². The highest BCUT2D eigenvalue weighted by Crippen LogP contribution is 2.23. The minimum atomic E-state index is 0.249. The molecule has 0 aliphatic heterocycles. The highest BCUT2D eigenvalue weighted by molar-refractivity contribution is 8.01. The van der Waals surface area contributed by atoms with Crippen molar-refractivity contribution in [3.63, 3.8) is 0 Å². The Morgan fingerprint density at radius 2 is 2.44 bits per heavy atom. The summed E-state index contributed by atoms with van der Waals surface area (Å²) in [5, 5.41) is 14.5. The van der Waals surface area contributed by atoms with E-state index in [0.29, 0.717) is 6.04 Å². The largest absolute Gasteiger partial charge is 0.396 e. The number of aliphatic hydroxyl groups excluding tert-OH is 1. The quantitative estimate of drug-likeness (QED) is 0.704. The van der Waals surface area contributed by atoms with E-state index < -0.39 is 0 Å². The fraction of sp³-hybridized carbons (Fsp3) is 0.727. The highest BCUT2D eigenvalue weighted by atomic mass is 32.2. The molecular weight excluding hydrogens is 240 g/mol. The lowest BCUT2D eigenvalue weighted by molar-refractivity contribution is 0.270. The third-order valence-corrected chi connectivity index (χ3v) is 4.47. The van der Waals surface area contributed by atoms with Crippen LogP contribution in [0, 0.1) is 6.92 Å². The number of aliphatic hydroxyl groups is 1. The van der Waals surface area contributed by atoms with Gasteiger partial charge in [0, 0.05) is 29.5 Å². The lowest BCUT2D eigenvalue weighted by atomic mass is 10.2. The molecule has 0 saturated carbocycles. The molecule has 3 nitrogen and oxygen atoms in total. The van der Waals surface area contributed by atoms with Crippen LogP contribution in [-0.2, 0) is 0 Å². The Labute approximate surface area is 106 Å². The van der Waals surface area contributed by atoms with Crippen molar-refractivity contribution in [1.82, 2.24) is 10.3 Å². The highest BCUT2D eigenvalue weighted by Gasteiger charge is 2.09. The first-order valence-electron chi connectivity index (χ1n) is 5.65. The normalized spacial score (nSPS) is 12.9. The Hall–Kier alpha value is -0.100. The predicted octanol–water partition coefficient (Wildman–Crippen LogP) is 2.29. The molecule has 1 aromatic rings. The molecule has 92 valence electrons. The average molecular weight is 260 g/mol. The molecule has 0 aliphatic carbocycles. The van der Waals surface area contributed by atoms with Crippen molar-refractivity contribution in [2.24, 2.45) is 0 Å². The molecule has 5 heteroatoms. The van der Waals surface area contributed by atoms with Crippen LogP contribution in [0.1, 0.15) is 25.5 Å². The van der Waals surface area contributed by atoms with Gasteiger partial charge in [-0.25, -0.2) is 4.98 Å². The Balaban J connectivity index is 2.30. The summed E-state index contributed by atoms with van der Waals surface area (Å²) in [5.74, 6) is 0.980. The Kier molecular flexibility index (Phi) is 7.03. The van der Waals surface area contributed by atoms with Crippen LogP contribution in [0.3, 0.4) is 0 Å². The molecule has 0 bridgehead atoms. The average Bonchev–Trinajstić information content (AvgIpc) is 2.68. The molecule has 0 aromatic carbocycles. The van der Waals surface area contributed by atoms with Crippen LogP contribution >= 0.6 is 23.1 Å². The summed E-state index contributed by atoms with van der Waals surface area (Å²) in [4.78, 5) is 4.41. The van der Waals surface area contributed by atoms with E-state index >= 15 is 0 Å². The predicted molar refractivity (Wildman–Crippen MR) is 71.4 cm³/mol. The molecule has 0 saturated heterocycles. The fourth-order valence-electron chi connectivity index (χ4n) is 1.32. The van der Waals surface area contributed by atoms with E-state index in [4.69, 9.17) is 5.11 Å². The van der Waals surface area contributed by atoms with Gasteiger partial charge in [0.05, 0.1) is 0 Å². The second-order valence-corrected chi connectivity index (χ2v) is 5.85. The van der Waals surface area contributed by atoms with E-state index in [-0.39, 0.29) is 6.61 Å². The summed E-state index contributed by atoms with van der Waals surface area (Å²) in [6, 6.07) is 0.388. The van der Waals surface area contributed by atoms with Crippen LogP contribution in [0.25, 0.3) is 0 Å². The number of rotatable bonds is 8. The van der Waals surface area contributed by atoms with Gasteiger partial charge in [0.1, 0.15) is 4.34 Å². The molecule has 1 unspecified atom stereocenters. The summed E-state index contributed by atoms with van der Waals surface area (Å²) in [6.45, 7) is 5.43. The van der Waals surface area contributed by atoms with Gasteiger partial charge in [-0.3, -0.25) is 0 Å². The zero-order chi connectivity index (χ0) is 11.8. The third-order valence-electron chi connectivity index (χ3n) is 2.17. The van der Waals surface area contributed by atoms with Gasteiger partial charge in [-0.05, 0) is 26.3 Å². The van der Waals surface area contributed by atoms with Crippen molar-refractivity contribution in [2.75, 3.05) is 18.9 Å². The summed E-state index contributed by atoms with van der Waals surface area (Å²) >= 11 is 3.47.